The quantitative estimate of drug-likeness (QED) is 0.832. The van der Waals surface area contributed by atoms with Crippen molar-refractivity contribution in [2.75, 3.05) is 25.0 Å². The molecule has 116 valence electrons. The molecular weight excluding hydrogens is 319 g/mol. The summed E-state index contributed by atoms with van der Waals surface area (Å²) in [5.41, 5.74) is 0.900. The third kappa shape index (κ3) is 4.09. The topological polar surface area (TPSA) is 49.8 Å². The monoisotopic (exact) mass is 336 g/mol. The van der Waals surface area contributed by atoms with Gasteiger partial charge in [-0.1, -0.05) is 23.2 Å². The molecule has 1 aromatic heterocycles. The van der Waals surface area contributed by atoms with E-state index in [1.807, 2.05) is 24.3 Å². The van der Waals surface area contributed by atoms with Gasteiger partial charge in [-0.05, 0) is 56.1 Å². The van der Waals surface area contributed by atoms with Gasteiger partial charge in [0.25, 0.3) is 0 Å². The molecule has 2 heterocycles. The fourth-order valence-electron chi connectivity index (χ4n) is 2.57. The first-order chi connectivity index (χ1) is 10.7. The average molecular weight is 337 g/mol. The summed E-state index contributed by atoms with van der Waals surface area (Å²) >= 11 is 12.0. The smallest absolute Gasteiger partial charge is 0.163 e. The van der Waals surface area contributed by atoms with E-state index in [0.717, 1.165) is 31.0 Å². The summed E-state index contributed by atoms with van der Waals surface area (Å²) in [5, 5.41) is 7.89. The van der Waals surface area contributed by atoms with Crippen LogP contribution in [0.2, 0.25) is 10.2 Å². The molecule has 0 spiro atoms. The molecule has 0 radical (unpaired) electrons. The van der Waals surface area contributed by atoms with E-state index in [0.29, 0.717) is 21.9 Å². The predicted molar refractivity (Wildman–Crippen MR) is 91.6 cm³/mol. The highest BCUT2D eigenvalue weighted by Gasteiger charge is 2.13. The van der Waals surface area contributed by atoms with Crippen molar-refractivity contribution in [2.24, 2.45) is 5.92 Å². The van der Waals surface area contributed by atoms with E-state index in [1.54, 1.807) is 6.07 Å². The minimum atomic E-state index is 0.438. The lowest BCUT2D eigenvalue weighted by molar-refractivity contribution is 0.389. The minimum absolute atomic E-state index is 0.438. The molecule has 0 unspecified atom stereocenters. The fourth-order valence-corrected chi connectivity index (χ4v) is 2.88. The maximum Gasteiger partial charge on any atom is 0.163 e. The lowest BCUT2D eigenvalue weighted by atomic mass is 9.98. The van der Waals surface area contributed by atoms with Crippen LogP contribution in [0.3, 0.4) is 0 Å². The second-order valence-electron chi connectivity index (χ2n) is 5.48. The van der Waals surface area contributed by atoms with Crippen molar-refractivity contribution >= 4 is 29.0 Å². The molecule has 1 aliphatic heterocycles. The van der Waals surface area contributed by atoms with Crippen LogP contribution in [0.5, 0.6) is 0 Å². The summed E-state index contributed by atoms with van der Waals surface area (Å²) in [6.07, 6.45) is 2.38. The number of benzene rings is 1. The van der Waals surface area contributed by atoms with Crippen LogP contribution in [-0.2, 0) is 0 Å². The summed E-state index contributed by atoms with van der Waals surface area (Å²) in [6, 6.07) is 9.20. The number of nitrogens with zero attached hydrogens (tertiary/aromatic N) is 2. The van der Waals surface area contributed by atoms with Crippen LogP contribution in [-0.4, -0.2) is 29.6 Å². The van der Waals surface area contributed by atoms with E-state index in [-0.39, 0.29) is 0 Å². The van der Waals surface area contributed by atoms with E-state index in [4.69, 9.17) is 23.2 Å². The number of rotatable bonds is 4. The summed E-state index contributed by atoms with van der Waals surface area (Å²) in [7, 11) is 0. The Kier molecular flexibility index (Phi) is 5.13. The maximum atomic E-state index is 6.13. The zero-order chi connectivity index (χ0) is 15.4. The first-order valence-corrected chi connectivity index (χ1v) is 8.21. The maximum absolute atomic E-state index is 6.13. The fraction of sp³-hybridized carbons (Fsp3) is 0.375. The van der Waals surface area contributed by atoms with Crippen molar-refractivity contribution in [1.82, 2.24) is 15.3 Å². The molecule has 1 aliphatic rings. The van der Waals surface area contributed by atoms with Gasteiger partial charge in [0.15, 0.2) is 5.82 Å². The van der Waals surface area contributed by atoms with E-state index in [9.17, 15) is 0 Å². The van der Waals surface area contributed by atoms with Crippen LogP contribution in [0.25, 0.3) is 11.4 Å². The molecule has 0 atom stereocenters. The summed E-state index contributed by atoms with van der Waals surface area (Å²) < 4.78 is 0. The van der Waals surface area contributed by atoms with Crippen molar-refractivity contribution < 1.29 is 0 Å². The van der Waals surface area contributed by atoms with Crippen molar-refractivity contribution in [1.29, 1.82) is 0 Å². The molecule has 2 aromatic rings. The minimum Gasteiger partial charge on any atom is -0.370 e. The van der Waals surface area contributed by atoms with Gasteiger partial charge < -0.3 is 10.6 Å². The van der Waals surface area contributed by atoms with Gasteiger partial charge in [-0.15, -0.1) is 0 Å². The molecule has 6 heteroatoms. The van der Waals surface area contributed by atoms with Gasteiger partial charge in [0, 0.05) is 23.2 Å². The Morgan fingerprint density at radius 2 is 1.82 bits per heavy atom. The number of hydrogen-bond donors (Lipinski definition) is 2. The lowest BCUT2D eigenvalue weighted by Gasteiger charge is -2.23. The molecule has 0 bridgehead atoms. The number of aromatic nitrogens is 2. The molecule has 0 saturated carbocycles. The predicted octanol–water partition coefficient (Wildman–Crippen LogP) is 3.86. The normalized spacial score (nSPS) is 15.7. The van der Waals surface area contributed by atoms with Crippen LogP contribution in [0.1, 0.15) is 12.8 Å². The van der Waals surface area contributed by atoms with Crippen LogP contribution >= 0.6 is 23.2 Å². The van der Waals surface area contributed by atoms with Crippen LogP contribution in [0.4, 0.5) is 5.82 Å². The molecule has 2 N–H and O–H groups in total. The van der Waals surface area contributed by atoms with Crippen LogP contribution in [0, 0.1) is 5.92 Å². The van der Waals surface area contributed by atoms with Gasteiger partial charge in [0.2, 0.25) is 0 Å². The second kappa shape index (κ2) is 7.27. The SMILES string of the molecule is Clc1ccc(-c2nc(Cl)cc(NCC3CCNCC3)n2)cc1. The molecule has 0 aliphatic carbocycles. The largest absolute Gasteiger partial charge is 0.370 e. The highest BCUT2D eigenvalue weighted by atomic mass is 35.5. The Morgan fingerprint density at radius 1 is 1.09 bits per heavy atom. The highest BCUT2D eigenvalue weighted by Crippen LogP contribution is 2.22. The molecule has 1 fully saturated rings. The summed E-state index contributed by atoms with van der Waals surface area (Å²) in [5.74, 6) is 2.05. The Balaban J connectivity index is 1.73. The average Bonchev–Trinajstić information content (AvgIpc) is 2.54. The first kappa shape index (κ1) is 15.5. The standard InChI is InChI=1S/C16H18Cl2N4/c17-13-3-1-12(2-4-13)16-21-14(18)9-15(22-16)20-10-11-5-7-19-8-6-11/h1-4,9,11,19H,5-8,10H2,(H,20,21,22). The molecule has 4 nitrogen and oxygen atoms in total. The second-order valence-corrected chi connectivity index (χ2v) is 6.30. The van der Waals surface area contributed by atoms with Crippen molar-refractivity contribution in [2.45, 2.75) is 12.8 Å². The van der Waals surface area contributed by atoms with Crippen molar-refractivity contribution in [3.63, 3.8) is 0 Å². The number of hydrogen-bond acceptors (Lipinski definition) is 4. The van der Waals surface area contributed by atoms with E-state index < -0.39 is 0 Å². The first-order valence-electron chi connectivity index (χ1n) is 7.46. The van der Waals surface area contributed by atoms with Crippen LogP contribution < -0.4 is 10.6 Å². The Morgan fingerprint density at radius 3 is 2.55 bits per heavy atom. The lowest BCUT2D eigenvalue weighted by Crippen LogP contribution is -2.31. The third-order valence-electron chi connectivity index (χ3n) is 3.83. The Hall–Kier alpha value is -1.36. The number of nitrogens with one attached hydrogen (secondary N) is 2. The zero-order valence-corrected chi connectivity index (χ0v) is 13.7. The Labute approximate surface area is 140 Å². The van der Waals surface area contributed by atoms with Gasteiger partial charge >= 0.3 is 0 Å². The zero-order valence-electron chi connectivity index (χ0n) is 12.1. The number of piperidine rings is 1. The van der Waals surface area contributed by atoms with Crippen LogP contribution in [0.15, 0.2) is 30.3 Å². The molecule has 1 saturated heterocycles. The Bertz CT molecular complexity index is 625. The van der Waals surface area contributed by atoms with E-state index in [1.165, 1.54) is 12.8 Å². The van der Waals surface area contributed by atoms with Crippen molar-refractivity contribution in [3.8, 4) is 11.4 Å². The van der Waals surface area contributed by atoms with Gasteiger partial charge in [-0.25, -0.2) is 9.97 Å². The molecular formula is C16H18Cl2N4. The van der Waals surface area contributed by atoms with Gasteiger partial charge in [0.05, 0.1) is 0 Å². The van der Waals surface area contributed by atoms with E-state index >= 15 is 0 Å². The highest BCUT2D eigenvalue weighted by molar-refractivity contribution is 6.30. The van der Waals surface area contributed by atoms with Gasteiger partial charge in [-0.3, -0.25) is 0 Å². The van der Waals surface area contributed by atoms with Gasteiger partial charge in [-0.2, -0.15) is 0 Å². The number of halogens is 2. The van der Waals surface area contributed by atoms with E-state index in [2.05, 4.69) is 20.6 Å². The number of anilines is 1. The molecule has 22 heavy (non-hydrogen) atoms. The third-order valence-corrected chi connectivity index (χ3v) is 4.27. The molecule has 3 rings (SSSR count). The van der Waals surface area contributed by atoms with Crippen molar-refractivity contribution in [3.05, 3.63) is 40.5 Å². The molecule has 0 amide bonds. The summed E-state index contributed by atoms with van der Waals surface area (Å²) in [6.45, 7) is 3.09. The summed E-state index contributed by atoms with van der Waals surface area (Å²) in [4.78, 5) is 8.84. The molecule has 1 aromatic carbocycles. The van der Waals surface area contributed by atoms with Gasteiger partial charge in [0.1, 0.15) is 11.0 Å².